The second-order valence-electron chi connectivity index (χ2n) is 6.38. The molecule has 1 aliphatic rings. The minimum absolute atomic E-state index is 0.0507. The van der Waals surface area contributed by atoms with E-state index < -0.39 is 6.10 Å². The van der Waals surface area contributed by atoms with Crippen LogP contribution >= 0.6 is 0 Å². The molecule has 1 amide bonds. The molecule has 1 fully saturated rings. The highest BCUT2D eigenvalue weighted by atomic mass is 16.5. The first-order valence-corrected chi connectivity index (χ1v) is 9.15. The first kappa shape index (κ1) is 17.3. The van der Waals surface area contributed by atoms with E-state index in [1.807, 2.05) is 13.0 Å². The lowest BCUT2D eigenvalue weighted by atomic mass is 10.2. The molecule has 8 nitrogen and oxygen atoms in total. The van der Waals surface area contributed by atoms with Gasteiger partial charge in [-0.25, -0.2) is 4.98 Å². The van der Waals surface area contributed by atoms with Gasteiger partial charge in [0.15, 0.2) is 6.10 Å². The van der Waals surface area contributed by atoms with Gasteiger partial charge in [0.05, 0.1) is 0 Å². The first-order valence-electron chi connectivity index (χ1n) is 9.15. The van der Waals surface area contributed by atoms with Crippen molar-refractivity contribution in [2.75, 3.05) is 6.54 Å². The molecule has 3 aromatic rings. The molecule has 1 N–H and O–H groups in total. The molecule has 1 saturated heterocycles. The highest BCUT2D eigenvalue weighted by Crippen LogP contribution is 2.25. The summed E-state index contributed by atoms with van der Waals surface area (Å²) >= 11 is 0. The van der Waals surface area contributed by atoms with Crippen molar-refractivity contribution in [3.63, 3.8) is 0 Å². The van der Waals surface area contributed by atoms with Crippen LogP contribution in [0.3, 0.4) is 0 Å². The highest BCUT2D eigenvalue weighted by molar-refractivity contribution is 5.81. The van der Waals surface area contributed by atoms with E-state index in [1.54, 1.807) is 28.8 Å². The fourth-order valence-corrected chi connectivity index (χ4v) is 2.98. The summed E-state index contributed by atoms with van der Waals surface area (Å²) in [6.07, 6.45) is 4.47. The van der Waals surface area contributed by atoms with Crippen molar-refractivity contribution in [1.29, 1.82) is 0 Å². The molecule has 1 aliphatic heterocycles. The smallest absolute Gasteiger partial charge is 0.261 e. The van der Waals surface area contributed by atoms with Gasteiger partial charge in [-0.05, 0) is 49.9 Å². The van der Waals surface area contributed by atoms with Gasteiger partial charge < -0.3 is 14.8 Å². The van der Waals surface area contributed by atoms with E-state index in [0.29, 0.717) is 29.7 Å². The van der Waals surface area contributed by atoms with Crippen LogP contribution in [0.1, 0.15) is 31.9 Å². The molecule has 140 valence electrons. The number of rotatable bonds is 5. The second-order valence-corrected chi connectivity index (χ2v) is 6.38. The number of carbonyl (C=O) groups excluding carboxylic acids is 1. The predicted molar refractivity (Wildman–Crippen MR) is 98.0 cm³/mol. The molecule has 0 spiro atoms. The van der Waals surface area contributed by atoms with E-state index in [1.165, 1.54) is 6.33 Å². The zero-order valence-corrected chi connectivity index (χ0v) is 15.1. The van der Waals surface area contributed by atoms with Gasteiger partial charge in [-0.15, -0.1) is 0 Å². The third kappa shape index (κ3) is 3.84. The van der Waals surface area contributed by atoms with Crippen molar-refractivity contribution in [3.8, 4) is 17.4 Å². The molecule has 0 bridgehead atoms. The number of aromatic nitrogens is 4. The van der Waals surface area contributed by atoms with Crippen LogP contribution in [-0.2, 0) is 11.2 Å². The van der Waals surface area contributed by atoms with Crippen LogP contribution in [0.5, 0.6) is 17.4 Å². The quantitative estimate of drug-likeness (QED) is 0.745. The number of ether oxygens (including phenoxy) is 2. The fourth-order valence-electron chi connectivity index (χ4n) is 2.98. The Bertz CT molecular complexity index is 938. The van der Waals surface area contributed by atoms with Crippen LogP contribution in [0.15, 0.2) is 36.7 Å². The lowest BCUT2D eigenvalue weighted by molar-refractivity contribution is -0.127. The van der Waals surface area contributed by atoms with Gasteiger partial charge in [-0.1, -0.05) is 6.92 Å². The van der Waals surface area contributed by atoms with Gasteiger partial charge in [0.2, 0.25) is 5.88 Å². The van der Waals surface area contributed by atoms with Crippen LogP contribution < -0.4 is 14.8 Å². The fraction of sp³-hybridized carbons (Fsp3) is 0.368. The number of benzene rings is 1. The molecular formula is C19H21N5O3. The minimum Gasteiger partial charge on any atom is -0.481 e. The van der Waals surface area contributed by atoms with Crippen molar-refractivity contribution in [1.82, 2.24) is 24.9 Å². The summed E-state index contributed by atoms with van der Waals surface area (Å²) in [5, 5.41) is 7.03. The average molecular weight is 367 g/mol. The zero-order chi connectivity index (χ0) is 18.6. The topological polar surface area (TPSA) is 90.6 Å². The van der Waals surface area contributed by atoms with Crippen LogP contribution in [0.25, 0.3) is 5.78 Å². The van der Waals surface area contributed by atoms with Crippen molar-refractivity contribution in [2.45, 2.75) is 38.7 Å². The van der Waals surface area contributed by atoms with Crippen LogP contribution in [-0.4, -0.2) is 38.1 Å². The summed E-state index contributed by atoms with van der Waals surface area (Å²) in [6, 6.07) is 9.06. The summed E-state index contributed by atoms with van der Waals surface area (Å²) in [6.45, 7) is 2.74. The summed E-state index contributed by atoms with van der Waals surface area (Å²) in [4.78, 5) is 20.5. The number of carbonyl (C=O) groups is 1. The maximum absolute atomic E-state index is 12.0. The van der Waals surface area contributed by atoms with Crippen molar-refractivity contribution >= 4 is 11.7 Å². The van der Waals surface area contributed by atoms with Crippen LogP contribution in [0.4, 0.5) is 0 Å². The Balaban J connectivity index is 1.50. The summed E-state index contributed by atoms with van der Waals surface area (Å²) in [7, 11) is 0. The number of hydrogen-bond donors (Lipinski definition) is 1. The summed E-state index contributed by atoms with van der Waals surface area (Å²) in [5.41, 5.74) is 0.879. The standard InChI is InChI=1S/C19H21N5O3/c1-2-13-11-17(24-19(23-13)21-12-22-24)27-15-8-6-14(7-9-15)26-16-5-3-4-10-20-18(16)25/h6-9,11-12,16H,2-5,10H2,1H3,(H,20,25). The molecule has 1 aromatic carbocycles. The molecule has 1 atom stereocenters. The number of aryl methyl sites for hydroxylation is 1. The third-order valence-electron chi connectivity index (χ3n) is 4.44. The van der Waals surface area contributed by atoms with Crippen LogP contribution in [0, 0.1) is 0 Å². The maximum Gasteiger partial charge on any atom is 0.261 e. The molecule has 0 aliphatic carbocycles. The van der Waals surface area contributed by atoms with Crippen molar-refractivity contribution in [2.24, 2.45) is 0 Å². The number of amides is 1. The lowest BCUT2D eigenvalue weighted by Crippen LogP contribution is -2.36. The normalized spacial score (nSPS) is 17.4. The third-order valence-corrected chi connectivity index (χ3v) is 4.44. The van der Waals surface area contributed by atoms with E-state index >= 15 is 0 Å². The summed E-state index contributed by atoms with van der Waals surface area (Å²) < 4.78 is 13.4. The van der Waals surface area contributed by atoms with Gasteiger partial charge in [-0.3, -0.25) is 4.79 Å². The Morgan fingerprint density at radius 2 is 2.04 bits per heavy atom. The monoisotopic (exact) mass is 367 g/mol. The molecule has 1 unspecified atom stereocenters. The molecule has 2 aromatic heterocycles. The van der Waals surface area contributed by atoms with Gasteiger partial charge >= 0.3 is 0 Å². The number of hydrogen-bond acceptors (Lipinski definition) is 6. The van der Waals surface area contributed by atoms with E-state index in [2.05, 4.69) is 20.4 Å². The molecule has 27 heavy (non-hydrogen) atoms. The minimum atomic E-state index is -0.443. The average Bonchev–Trinajstić information content (AvgIpc) is 3.08. The van der Waals surface area contributed by atoms with E-state index in [9.17, 15) is 4.79 Å². The Morgan fingerprint density at radius 3 is 2.85 bits per heavy atom. The Labute approximate surface area is 156 Å². The molecule has 3 heterocycles. The molecule has 4 rings (SSSR count). The predicted octanol–water partition coefficient (Wildman–Crippen LogP) is 2.53. The second kappa shape index (κ2) is 7.61. The molecular weight excluding hydrogens is 346 g/mol. The van der Waals surface area contributed by atoms with E-state index in [-0.39, 0.29) is 5.91 Å². The zero-order valence-electron chi connectivity index (χ0n) is 15.1. The van der Waals surface area contributed by atoms with Gasteiger partial charge in [0, 0.05) is 18.3 Å². The largest absolute Gasteiger partial charge is 0.481 e. The number of nitrogens with one attached hydrogen (secondary N) is 1. The van der Waals surface area contributed by atoms with Gasteiger partial charge in [0.25, 0.3) is 11.7 Å². The number of nitrogens with zero attached hydrogens (tertiary/aromatic N) is 4. The maximum atomic E-state index is 12.0. The Morgan fingerprint density at radius 1 is 1.22 bits per heavy atom. The SMILES string of the molecule is CCc1cc(Oc2ccc(OC3CCCCNC3=O)cc2)n2ncnc2n1. The van der Waals surface area contributed by atoms with Gasteiger partial charge in [0.1, 0.15) is 17.8 Å². The first-order chi connectivity index (χ1) is 13.2. The van der Waals surface area contributed by atoms with E-state index in [0.717, 1.165) is 31.4 Å². The lowest BCUT2D eigenvalue weighted by Gasteiger charge is -2.16. The van der Waals surface area contributed by atoms with Crippen molar-refractivity contribution in [3.05, 3.63) is 42.4 Å². The van der Waals surface area contributed by atoms with E-state index in [4.69, 9.17) is 9.47 Å². The van der Waals surface area contributed by atoms with Gasteiger partial charge in [-0.2, -0.15) is 14.6 Å². The Hall–Kier alpha value is -3.16. The van der Waals surface area contributed by atoms with Crippen LogP contribution in [0.2, 0.25) is 0 Å². The highest BCUT2D eigenvalue weighted by Gasteiger charge is 2.22. The number of fused-ring (bicyclic) bond motifs is 1. The molecule has 0 radical (unpaired) electrons. The Kier molecular flexibility index (Phi) is 4.86. The van der Waals surface area contributed by atoms with Crippen molar-refractivity contribution < 1.29 is 14.3 Å². The molecule has 8 heteroatoms. The molecule has 0 saturated carbocycles. The summed E-state index contributed by atoms with van der Waals surface area (Å²) in [5.74, 6) is 2.28.